The third-order valence-electron chi connectivity index (χ3n) is 4.02. The summed E-state index contributed by atoms with van der Waals surface area (Å²) in [6.45, 7) is 1.84. The molecule has 0 saturated heterocycles. The Kier molecular flexibility index (Phi) is 4.42. The Balaban J connectivity index is 1.75. The number of rotatable bonds is 4. The summed E-state index contributed by atoms with van der Waals surface area (Å²) in [5, 5.41) is 16.2. The zero-order chi connectivity index (χ0) is 17.2. The minimum atomic E-state index is -2.54. The lowest BCUT2D eigenvalue weighted by Gasteiger charge is -2.29. The lowest BCUT2D eigenvalue weighted by molar-refractivity contribution is -0.0361. The third-order valence-corrected chi connectivity index (χ3v) is 4.02. The van der Waals surface area contributed by atoms with Crippen molar-refractivity contribution in [2.75, 3.05) is 5.32 Å². The second-order valence-corrected chi connectivity index (χ2v) is 6.06. The topological polar surface area (TPSA) is 79.4 Å². The first-order valence-electron chi connectivity index (χ1n) is 7.87. The van der Waals surface area contributed by atoms with E-state index >= 15 is 0 Å². The summed E-state index contributed by atoms with van der Waals surface area (Å²) in [4.78, 5) is 8.76. The van der Waals surface area contributed by atoms with Gasteiger partial charge in [-0.1, -0.05) is 0 Å². The zero-order valence-electron chi connectivity index (χ0n) is 13.3. The molecule has 0 atom stereocenters. The van der Waals surface area contributed by atoms with Gasteiger partial charge in [-0.2, -0.15) is 15.3 Å². The second-order valence-electron chi connectivity index (χ2n) is 6.06. The number of hydrogen-bond donors (Lipinski definition) is 1. The Morgan fingerprint density at radius 2 is 2.12 bits per heavy atom. The molecule has 1 N–H and O–H groups in total. The lowest BCUT2D eigenvalue weighted by Crippen LogP contribution is -2.32. The smallest absolute Gasteiger partial charge is 0.252 e. The first-order chi connectivity index (χ1) is 11.4. The SMILES string of the molecule is Cc1cc(NC2CCC(F)(F)CC2)nc(-n2ccc(CC#N)n2)n1. The van der Waals surface area contributed by atoms with Gasteiger partial charge in [0.25, 0.3) is 5.95 Å². The highest BCUT2D eigenvalue weighted by molar-refractivity contribution is 5.39. The van der Waals surface area contributed by atoms with Gasteiger partial charge in [-0.15, -0.1) is 0 Å². The van der Waals surface area contributed by atoms with Gasteiger partial charge >= 0.3 is 0 Å². The van der Waals surface area contributed by atoms with E-state index in [1.165, 1.54) is 4.68 Å². The Hall–Kier alpha value is -2.56. The molecule has 2 aromatic heterocycles. The van der Waals surface area contributed by atoms with E-state index < -0.39 is 5.92 Å². The van der Waals surface area contributed by atoms with Gasteiger partial charge < -0.3 is 5.32 Å². The fraction of sp³-hybridized carbons (Fsp3) is 0.500. The Labute approximate surface area is 138 Å². The van der Waals surface area contributed by atoms with E-state index in [1.807, 2.05) is 13.0 Å². The summed E-state index contributed by atoms with van der Waals surface area (Å²) in [6, 6.07) is 5.56. The summed E-state index contributed by atoms with van der Waals surface area (Å²) in [5.41, 5.74) is 1.40. The molecule has 1 saturated carbocycles. The van der Waals surface area contributed by atoms with E-state index in [4.69, 9.17) is 5.26 Å². The predicted molar refractivity (Wildman–Crippen MR) is 84.0 cm³/mol. The summed E-state index contributed by atoms with van der Waals surface area (Å²) in [5.74, 6) is -1.55. The molecular weight excluding hydrogens is 314 g/mol. The summed E-state index contributed by atoms with van der Waals surface area (Å²) in [7, 11) is 0. The molecule has 0 aliphatic heterocycles. The van der Waals surface area contributed by atoms with E-state index in [-0.39, 0.29) is 25.3 Å². The van der Waals surface area contributed by atoms with E-state index in [9.17, 15) is 8.78 Å². The van der Waals surface area contributed by atoms with Crippen LogP contribution in [0.15, 0.2) is 18.3 Å². The number of nitriles is 1. The van der Waals surface area contributed by atoms with Gasteiger partial charge in [0.1, 0.15) is 5.82 Å². The van der Waals surface area contributed by atoms with Crippen LogP contribution >= 0.6 is 0 Å². The molecule has 2 aromatic rings. The number of hydrogen-bond acceptors (Lipinski definition) is 5. The molecule has 0 radical (unpaired) electrons. The number of nitrogens with zero attached hydrogens (tertiary/aromatic N) is 5. The largest absolute Gasteiger partial charge is 0.367 e. The van der Waals surface area contributed by atoms with Crippen LogP contribution in [-0.4, -0.2) is 31.7 Å². The first kappa shape index (κ1) is 16.3. The maximum absolute atomic E-state index is 13.2. The van der Waals surface area contributed by atoms with Crippen molar-refractivity contribution in [1.82, 2.24) is 19.7 Å². The van der Waals surface area contributed by atoms with E-state index in [0.717, 1.165) is 5.69 Å². The maximum Gasteiger partial charge on any atom is 0.252 e. The Morgan fingerprint density at radius 1 is 1.38 bits per heavy atom. The number of nitrogens with one attached hydrogen (secondary N) is 1. The molecule has 1 fully saturated rings. The fourth-order valence-electron chi connectivity index (χ4n) is 2.77. The van der Waals surface area contributed by atoms with Crippen molar-refractivity contribution in [3.8, 4) is 12.0 Å². The van der Waals surface area contributed by atoms with E-state index in [1.54, 1.807) is 18.3 Å². The predicted octanol–water partition coefficient (Wildman–Crippen LogP) is 3.03. The standard InChI is InChI=1S/C16H18F2N6/c1-11-10-14(21-12-2-6-16(17,18)7-3-12)22-15(20-11)24-9-5-13(23-24)4-8-19/h5,9-10,12H,2-4,6-7H2,1H3,(H,20,21,22). The highest BCUT2D eigenvalue weighted by Gasteiger charge is 2.34. The fourth-order valence-corrected chi connectivity index (χ4v) is 2.77. The zero-order valence-corrected chi connectivity index (χ0v) is 13.3. The third kappa shape index (κ3) is 3.85. The molecule has 6 nitrogen and oxygen atoms in total. The molecule has 0 unspecified atom stereocenters. The molecule has 0 bridgehead atoms. The molecule has 3 rings (SSSR count). The second kappa shape index (κ2) is 6.51. The van der Waals surface area contributed by atoms with Crippen LogP contribution in [-0.2, 0) is 6.42 Å². The van der Waals surface area contributed by atoms with E-state index in [0.29, 0.717) is 30.3 Å². The molecular formula is C16H18F2N6. The molecule has 2 heterocycles. The quantitative estimate of drug-likeness (QED) is 0.931. The van der Waals surface area contributed by atoms with Gasteiger partial charge in [-0.05, 0) is 25.8 Å². The maximum atomic E-state index is 13.2. The van der Waals surface area contributed by atoms with Gasteiger partial charge in [0.05, 0.1) is 18.2 Å². The van der Waals surface area contributed by atoms with Gasteiger partial charge in [-0.25, -0.2) is 18.4 Å². The van der Waals surface area contributed by atoms with Crippen molar-refractivity contribution in [3.63, 3.8) is 0 Å². The minimum Gasteiger partial charge on any atom is -0.367 e. The number of aryl methyl sites for hydroxylation is 1. The van der Waals surface area contributed by atoms with Crippen molar-refractivity contribution >= 4 is 5.82 Å². The highest BCUT2D eigenvalue weighted by atomic mass is 19.3. The highest BCUT2D eigenvalue weighted by Crippen LogP contribution is 2.34. The molecule has 0 spiro atoms. The molecule has 126 valence electrons. The normalized spacial score (nSPS) is 17.4. The lowest BCUT2D eigenvalue weighted by atomic mass is 9.92. The average molecular weight is 332 g/mol. The van der Waals surface area contributed by atoms with Gasteiger partial charge in [0.15, 0.2) is 0 Å². The average Bonchev–Trinajstić information content (AvgIpc) is 2.98. The van der Waals surface area contributed by atoms with Crippen LogP contribution in [0.3, 0.4) is 0 Å². The summed E-state index contributed by atoms with van der Waals surface area (Å²) in [6.07, 6.45) is 2.56. The number of anilines is 1. The van der Waals surface area contributed by atoms with Crippen molar-refractivity contribution in [3.05, 3.63) is 29.7 Å². The summed E-state index contributed by atoms with van der Waals surface area (Å²) < 4.78 is 28.0. The van der Waals surface area contributed by atoms with Crippen molar-refractivity contribution in [2.45, 2.75) is 51.0 Å². The monoisotopic (exact) mass is 332 g/mol. The van der Waals surface area contributed by atoms with Crippen LogP contribution in [0.1, 0.15) is 37.1 Å². The molecule has 1 aliphatic rings. The van der Waals surface area contributed by atoms with E-state index in [2.05, 4.69) is 20.4 Å². The van der Waals surface area contributed by atoms with Crippen molar-refractivity contribution < 1.29 is 8.78 Å². The van der Waals surface area contributed by atoms with Gasteiger partial charge in [0, 0.05) is 36.8 Å². The van der Waals surface area contributed by atoms with Crippen LogP contribution in [0.5, 0.6) is 0 Å². The number of aromatic nitrogens is 4. The van der Waals surface area contributed by atoms with Crippen LogP contribution in [0.2, 0.25) is 0 Å². The number of halogens is 2. The summed E-state index contributed by atoms with van der Waals surface area (Å²) >= 11 is 0. The first-order valence-corrected chi connectivity index (χ1v) is 7.87. The van der Waals surface area contributed by atoms with Crippen LogP contribution < -0.4 is 5.32 Å². The minimum absolute atomic E-state index is 0.0152. The Morgan fingerprint density at radius 3 is 2.83 bits per heavy atom. The van der Waals surface area contributed by atoms with Crippen LogP contribution in [0.4, 0.5) is 14.6 Å². The van der Waals surface area contributed by atoms with Crippen LogP contribution in [0.25, 0.3) is 5.95 Å². The van der Waals surface area contributed by atoms with Gasteiger partial charge in [0.2, 0.25) is 5.92 Å². The molecule has 8 heteroatoms. The molecule has 0 amide bonds. The molecule has 1 aliphatic carbocycles. The molecule has 0 aromatic carbocycles. The van der Waals surface area contributed by atoms with Crippen molar-refractivity contribution in [1.29, 1.82) is 5.26 Å². The van der Waals surface area contributed by atoms with Crippen molar-refractivity contribution in [2.24, 2.45) is 0 Å². The Bertz CT molecular complexity index is 754. The molecule has 24 heavy (non-hydrogen) atoms. The number of alkyl halides is 2. The van der Waals surface area contributed by atoms with Gasteiger partial charge in [-0.3, -0.25) is 0 Å². The van der Waals surface area contributed by atoms with Crippen LogP contribution in [0, 0.1) is 18.3 Å².